The molecule has 0 atom stereocenters. The SMILES string of the molecule is NC1(c2cc3c(cc2F)CCC3)CCC1. The maximum absolute atomic E-state index is 13.9. The van der Waals surface area contributed by atoms with Crippen molar-refractivity contribution in [3.05, 3.63) is 34.6 Å². The Morgan fingerprint density at radius 3 is 2.33 bits per heavy atom. The van der Waals surface area contributed by atoms with E-state index in [9.17, 15) is 4.39 Å². The molecule has 3 rings (SSSR count). The number of benzene rings is 1. The van der Waals surface area contributed by atoms with Gasteiger partial charge in [-0.2, -0.15) is 0 Å². The lowest BCUT2D eigenvalue weighted by Gasteiger charge is -2.39. The van der Waals surface area contributed by atoms with Crippen LogP contribution in [0.25, 0.3) is 0 Å². The molecule has 0 spiro atoms. The molecule has 2 aliphatic rings. The summed E-state index contributed by atoms with van der Waals surface area (Å²) in [7, 11) is 0. The third-order valence-corrected chi connectivity index (χ3v) is 3.96. The van der Waals surface area contributed by atoms with Gasteiger partial charge in [-0.05, 0) is 55.7 Å². The van der Waals surface area contributed by atoms with Gasteiger partial charge in [0.25, 0.3) is 0 Å². The minimum atomic E-state index is -0.359. The van der Waals surface area contributed by atoms with E-state index in [1.807, 2.05) is 6.07 Å². The fourth-order valence-corrected chi connectivity index (χ4v) is 2.80. The summed E-state index contributed by atoms with van der Waals surface area (Å²) < 4.78 is 13.9. The van der Waals surface area contributed by atoms with Crippen molar-refractivity contribution in [3.63, 3.8) is 0 Å². The number of hydrogen-bond donors (Lipinski definition) is 1. The van der Waals surface area contributed by atoms with Crippen LogP contribution in [0.4, 0.5) is 4.39 Å². The smallest absolute Gasteiger partial charge is 0.128 e. The molecule has 80 valence electrons. The predicted octanol–water partition coefficient (Wildman–Crippen LogP) is 2.65. The molecular formula is C13H16FN. The topological polar surface area (TPSA) is 26.0 Å². The lowest BCUT2D eigenvalue weighted by Crippen LogP contribution is -2.44. The molecule has 2 heteroatoms. The van der Waals surface area contributed by atoms with Crippen LogP contribution < -0.4 is 5.73 Å². The van der Waals surface area contributed by atoms with Gasteiger partial charge in [0.2, 0.25) is 0 Å². The van der Waals surface area contributed by atoms with Gasteiger partial charge in [-0.1, -0.05) is 6.07 Å². The van der Waals surface area contributed by atoms with Gasteiger partial charge in [-0.25, -0.2) is 4.39 Å². The summed E-state index contributed by atoms with van der Waals surface area (Å²) in [6.45, 7) is 0. The highest BCUT2D eigenvalue weighted by Gasteiger charge is 2.37. The van der Waals surface area contributed by atoms with Gasteiger partial charge in [-0.15, -0.1) is 0 Å². The third kappa shape index (κ3) is 1.31. The second-order valence-electron chi connectivity index (χ2n) is 4.96. The zero-order valence-electron chi connectivity index (χ0n) is 8.85. The van der Waals surface area contributed by atoms with Crippen molar-refractivity contribution in [2.75, 3.05) is 0 Å². The first-order valence-electron chi connectivity index (χ1n) is 5.80. The monoisotopic (exact) mass is 205 g/mol. The lowest BCUT2D eigenvalue weighted by molar-refractivity contribution is 0.245. The van der Waals surface area contributed by atoms with Crippen LogP contribution >= 0.6 is 0 Å². The summed E-state index contributed by atoms with van der Waals surface area (Å²) in [6.07, 6.45) is 6.29. The first kappa shape index (κ1) is 9.34. The van der Waals surface area contributed by atoms with Gasteiger partial charge in [0.05, 0.1) is 0 Å². The van der Waals surface area contributed by atoms with Crippen LogP contribution in [0.5, 0.6) is 0 Å². The number of rotatable bonds is 1. The van der Waals surface area contributed by atoms with Gasteiger partial charge in [0.1, 0.15) is 5.82 Å². The Labute approximate surface area is 89.5 Å². The van der Waals surface area contributed by atoms with Gasteiger partial charge in [-0.3, -0.25) is 0 Å². The molecule has 2 aliphatic carbocycles. The molecule has 0 bridgehead atoms. The molecule has 0 aromatic heterocycles. The maximum atomic E-state index is 13.9. The summed E-state index contributed by atoms with van der Waals surface area (Å²) in [4.78, 5) is 0. The van der Waals surface area contributed by atoms with Gasteiger partial charge >= 0.3 is 0 Å². The van der Waals surface area contributed by atoms with Crippen LogP contribution in [-0.4, -0.2) is 0 Å². The normalized spacial score (nSPS) is 22.3. The number of fused-ring (bicyclic) bond motifs is 1. The summed E-state index contributed by atoms with van der Waals surface area (Å²) in [5.74, 6) is -0.0853. The average molecular weight is 205 g/mol. The van der Waals surface area contributed by atoms with E-state index in [1.54, 1.807) is 6.07 Å². The molecule has 1 aromatic rings. The zero-order chi connectivity index (χ0) is 10.5. The van der Waals surface area contributed by atoms with Crippen LogP contribution in [0.2, 0.25) is 0 Å². The Morgan fingerprint density at radius 1 is 1.07 bits per heavy atom. The lowest BCUT2D eigenvalue weighted by atomic mass is 9.72. The van der Waals surface area contributed by atoms with E-state index in [4.69, 9.17) is 5.73 Å². The minimum Gasteiger partial charge on any atom is -0.321 e. The summed E-state index contributed by atoms with van der Waals surface area (Å²) in [6, 6.07) is 3.74. The van der Waals surface area contributed by atoms with Crippen molar-refractivity contribution in [1.29, 1.82) is 0 Å². The molecule has 1 nitrogen and oxygen atoms in total. The van der Waals surface area contributed by atoms with Crippen molar-refractivity contribution >= 4 is 0 Å². The highest BCUT2D eigenvalue weighted by atomic mass is 19.1. The van der Waals surface area contributed by atoms with Crippen molar-refractivity contribution in [1.82, 2.24) is 0 Å². The quantitative estimate of drug-likeness (QED) is 0.749. The van der Waals surface area contributed by atoms with Crippen LogP contribution in [0.3, 0.4) is 0 Å². The molecule has 2 N–H and O–H groups in total. The summed E-state index contributed by atoms with van der Waals surface area (Å²) >= 11 is 0. The molecule has 0 aliphatic heterocycles. The number of hydrogen-bond acceptors (Lipinski definition) is 1. The first-order valence-corrected chi connectivity index (χ1v) is 5.80. The minimum absolute atomic E-state index is 0.0853. The van der Waals surface area contributed by atoms with E-state index in [1.165, 1.54) is 11.1 Å². The second-order valence-corrected chi connectivity index (χ2v) is 4.96. The van der Waals surface area contributed by atoms with Crippen LogP contribution in [0.1, 0.15) is 42.4 Å². The van der Waals surface area contributed by atoms with Crippen molar-refractivity contribution < 1.29 is 4.39 Å². The Hall–Kier alpha value is -0.890. The summed E-state index contributed by atoms with van der Waals surface area (Å²) in [5, 5.41) is 0. The fourth-order valence-electron chi connectivity index (χ4n) is 2.80. The molecule has 0 saturated heterocycles. The Kier molecular flexibility index (Phi) is 1.90. The Balaban J connectivity index is 2.08. The Morgan fingerprint density at radius 2 is 1.73 bits per heavy atom. The van der Waals surface area contributed by atoms with Gasteiger partial charge in [0, 0.05) is 11.1 Å². The number of halogens is 1. The van der Waals surface area contributed by atoms with Crippen molar-refractivity contribution in [2.24, 2.45) is 5.73 Å². The molecule has 0 heterocycles. The highest BCUT2D eigenvalue weighted by molar-refractivity contribution is 5.40. The maximum Gasteiger partial charge on any atom is 0.128 e. The van der Waals surface area contributed by atoms with E-state index in [0.29, 0.717) is 0 Å². The Bertz CT molecular complexity index is 407. The first-order chi connectivity index (χ1) is 7.19. The molecule has 0 amide bonds. The molecular weight excluding hydrogens is 189 g/mol. The van der Waals surface area contributed by atoms with Gasteiger partial charge < -0.3 is 5.73 Å². The molecule has 0 unspecified atom stereocenters. The molecule has 1 saturated carbocycles. The van der Waals surface area contributed by atoms with Crippen LogP contribution in [0, 0.1) is 5.82 Å². The largest absolute Gasteiger partial charge is 0.321 e. The molecule has 1 aromatic carbocycles. The van der Waals surface area contributed by atoms with Crippen LogP contribution in [-0.2, 0) is 18.4 Å². The highest BCUT2D eigenvalue weighted by Crippen LogP contribution is 2.41. The van der Waals surface area contributed by atoms with Crippen molar-refractivity contribution in [2.45, 2.75) is 44.1 Å². The van der Waals surface area contributed by atoms with Crippen molar-refractivity contribution in [3.8, 4) is 0 Å². The van der Waals surface area contributed by atoms with E-state index in [0.717, 1.165) is 44.1 Å². The fraction of sp³-hybridized carbons (Fsp3) is 0.538. The van der Waals surface area contributed by atoms with E-state index in [2.05, 4.69) is 0 Å². The third-order valence-electron chi connectivity index (χ3n) is 3.96. The molecule has 15 heavy (non-hydrogen) atoms. The van der Waals surface area contributed by atoms with Gasteiger partial charge in [0.15, 0.2) is 0 Å². The average Bonchev–Trinajstić information content (AvgIpc) is 2.60. The van der Waals surface area contributed by atoms with E-state index in [-0.39, 0.29) is 11.4 Å². The van der Waals surface area contributed by atoms with E-state index < -0.39 is 0 Å². The van der Waals surface area contributed by atoms with Crippen LogP contribution in [0.15, 0.2) is 12.1 Å². The summed E-state index contributed by atoms with van der Waals surface area (Å²) in [5.41, 5.74) is 9.09. The molecule has 1 fully saturated rings. The standard InChI is InChI=1S/C13H16FN/c14-12-8-10-4-1-3-9(10)7-11(12)13(15)5-2-6-13/h7-8H,1-6,15H2. The number of aryl methyl sites for hydroxylation is 2. The number of nitrogens with two attached hydrogens (primary N) is 1. The zero-order valence-corrected chi connectivity index (χ0v) is 8.85. The molecule has 0 radical (unpaired) electrons. The van der Waals surface area contributed by atoms with E-state index >= 15 is 0 Å². The second kappa shape index (κ2) is 3.05. The predicted molar refractivity (Wildman–Crippen MR) is 58.1 cm³/mol.